The van der Waals surface area contributed by atoms with Gasteiger partial charge in [0.05, 0.1) is 26.6 Å². The van der Waals surface area contributed by atoms with Crippen LogP contribution in [0.1, 0.15) is 24.5 Å². The molecule has 0 saturated heterocycles. The van der Waals surface area contributed by atoms with E-state index < -0.39 is 27.2 Å². The zero-order chi connectivity index (χ0) is 26.0. The molecule has 0 aliphatic rings. The molecule has 0 unspecified atom stereocenters. The summed E-state index contributed by atoms with van der Waals surface area (Å²) in [6.45, 7) is 3.07. The minimum Gasteiger partial charge on any atom is -0.494 e. The lowest BCUT2D eigenvalue weighted by atomic mass is 10.2. The molecule has 0 bridgehead atoms. The number of methoxy groups -OCH3 is 2. The van der Waals surface area contributed by atoms with E-state index >= 15 is 0 Å². The van der Waals surface area contributed by atoms with E-state index in [9.17, 15) is 17.9 Å². The van der Waals surface area contributed by atoms with Gasteiger partial charge in [-0.1, -0.05) is 6.07 Å². The van der Waals surface area contributed by atoms with Crippen molar-refractivity contribution in [2.75, 3.05) is 18.9 Å². The summed E-state index contributed by atoms with van der Waals surface area (Å²) in [6, 6.07) is 5.06. The lowest BCUT2D eigenvalue weighted by Gasteiger charge is -2.20. The molecule has 12 nitrogen and oxygen atoms in total. The maximum absolute atomic E-state index is 13.3. The number of anilines is 1. The van der Waals surface area contributed by atoms with Crippen LogP contribution in [0.5, 0.6) is 11.5 Å². The summed E-state index contributed by atoms with van der Waals surface area (Å²) in [5.41, 5.74) is 1.08. The second kappa shape index (κ2) is 10.1. The highest BCUT2D eigenvalue weighted by Crippen LogP contribution is 2.38. The number of aliphatic hydroxyl groups is 1. The van der Waals surface area contributed by atoms with Gasteiger partial charge in [0.2, 0.25) is 16.0 Å². The number of aromatic nitrogens is 6. The Hall–Kier alpha value is -3.69. The summed E-state index contributed by atoms with van der Waals surface area (Å²) in [6.07, 6.45) is 0.0255. The highest BCUT2D eigenvalue weighted by Gasteiger charge is 2.34. The molecule has 36 heavy (non-hydrogen) atoms. The molecule has 0 fully saturated rings. The van der Waals surface area contributed by atoms with E-state index in [4.69, 9.17) is 9.47 Å². The van der Waals surface area contributed by atoms with E-state index in [0.717, 1.165) is 18.1 Å². The molecule has 2 atom stereocenters. The normalized spacial score (nSPS) is 13.3. The Labute approximate surface area is 209 Å². The van der Waals surface area contributed by atoms with Crippen molar-refractivity contribution in [1.29, 1.82) is 0 Å². The molecule has 0 spiro atoms. The zero-order valence-corrected chi connectivity index (χ0v) is 21.2. The molecule has 15 heteroatoms. The number of nitrogens with zero attached hydrogens (tertiary/aromatic N) is 6. The smallest absolute Gasteiger partial charge is 0.243 e. The Bertz CT molecular complexity index is 1450. The number of para-hydroxylation sites is 1. The molecular weight excluding hydrogens is 513 g/mol. The van der Waals surface area contributed by atoms with Crippen molar-refractivity contribution in [2.45, 2.75) is 25.2 Å². The van der Waals surface area contributed by atoms with E-state index in [-0.39, 0.29) is 17.6 Å². The number of aliphatic hydroxyl groups excluding tert-OH is 1. The lowest BCUT2D eigenvalue weighted by molar-refractivity contribution is 0.166. The first kappa shape index (κ1) is 25.4. The third kappa shape index (κ3) is 4.84. The van der Waals surface area contributed by atoms with Crippen LogP contribution < -0.4 is 14.2 Å². The van der Waals surface area contributed by atoms with Crippen LogP contribution in [0.25, 0.3) is 16.5 Å². The highest BCUT2D eigenvalue weighted by molar-refractivity contribution is 7.93. The number of ether oxygens (including phenoxy) is 2. The molecular formula is C21H22FN7O5S2. The molecule has 1 aromatic carbocycles. The molecule has 3 heterocycles. The average molecular weight is 536 g/mol. The van der Waals surface area contributed by atoms with Crippen LogP contribution in [0.4, 0.5) is 10.3 Å². The summed E-state index contributed by atoms with van der Waals surface area (Å²) < 4.78 is 54.5. The predicted molar refractivity (Wildman–Crippen MR) is 129 cm³/mol. The summed E-state index contributed by atoms with van der Waals surface area (Å²) in [7, 11) is -1.38. The molecule has 4 rings (SSSR count). The fraction of sp³-hybridized carbons (Fsp3) is 0.286. The predicted octanol–water partition coefficient (Wildman–Crippen LogP) is 2.51. The van der Waals surface area contributed by atoms with Crippen LogP contribution in [-0.2, 0) is 10.0 Å². The molecule has 3 aromatic heterocycles. The number of sulfonamides is 1. The maximum atomic E-state index is 13.3. The van der Waals surface area contributed by atoms with Gasteiger partial charge in [-0.2, -0.15) is 0 Å². The molecule has 0 aliphatic heterocycles. The minimum atomic E-state index is -4.30. The number of halogens is 1. The first-order chi connectivity index (χ1) is 17.2. The number of benzene rings is 1. The van der Waals surface area contributed by atoms with E-state index in [1.54, 1.807) is 18.2 Å². The monoisotopic (exact) mass is 535 g/mol. The van der Waals surface area contributed by atoms with Crippen molar-refractivity contribution in [3.63, 3.8) is 0 Å². The number of nitrogens with one attached hydrogen (secondary N) is 1. The molecule has 0 radical (unpaired) electrons. The zero-order valence-electron chi connectivity index (χ0n) is 19.6. The molecule has 0 amide bonds. The maximum Gasteiger partial charge on any atom is 0.243 e. The van der Waals surface area contributed by atoms with Crippen molar-refractivity contribution in [1.82, 2.24) is 29.7 Å². The SMILES string of the molecule is COc1cccc(OC)c1-n1c(NS(=O)(=O)[C@@H](C)[C@@H](O)c2ncc(F)cn2)nnc1-c1nc(C)cs1. The van der Waals surface area contributed by atoms with Crippen LogP contribution in [0.2, 0.25) is 0 Å². The van der Waals surface area contributed by atoms with E-state index in [2.05, 4.69) is 29.9 Å². The fourth-order valence-electron chi connectivity index (χ4n) is 3.28. The number of thiazole rings is 1. The third-order valence-corrected chi connectivity index (χ3v) is 7.83. The van der Waals surface area contributed by atoms with Gasteiger partial charge in [-0.05, 0) is 26.0 Å². The van der Waals surface area contributed by atoms with Gasteiger partial charge in [0.15, 0.2) is 22.5 Å². The van der Waals surface area contributed by atoms with Gasteiger partial charge in [-0.15, -0.1) is 21.5 Å². The largest absolute Gasteiger partial charge is 0.494 e. The van der Waals surface area contributed by atoms with E-state index in [1.165, 1.54) is 37.0 Å². The van der Waals surface area contributed by atoms with E-state index in [0.29, 0.717) is 22.2 Å². The average Bonchev–Trinajstić information content (AvgIpc) is 3.48. The van der Waals surface area contributed by atoms with Gasteiger partial charge < -0.3 is 14.6 Å². The van der Waals surface area contributed by atoms with Crippen LogP contribution in [0, 0.1) is 12.7 Å². The van der Waals surface area contributed by atoms with Crippen LogP contribution in [0.15, 0.2) is 36.0 Å². The van der Waals surface area contributed by atoms with Gasteiger partial charge >= 0.3 is 0 Å². The highest BCUT2D eigenvalue weighted by atomic mass is 32.2. The van der Waals surface area contributed by atoms with Crippen molar-refractivity contribution in [2.24, 2.45) is 0 Å². The molecule has 190 valence electrons. The quantitative estimate of drug-likeness (QED) is 0.327. The third-order valence-electron chi connectivity index (χ3n) is 5.17. The summed E-state index contributed by atoms with van der Waals surface area (Å²) in [4.78, 5) is 11.8. The Kier molecular flexibility index (Phi) is 7.14. The van der Waals surface area contributed by atoms with Crippen molar-refractivity contribution in [3.8, 4) is 28.0 Å². The number of hydrogen-bond donors (Lipinski definition) is 2. The van der Waals surface area contributed by atoms with Crippen LogP contribution in [0.3, 0.4) is 0 Å². The van der Waals surface area contributed by atoms with Crippen molar-refractivity contribution < 1.29 is 27.4 Å². The standard InChI is InChI=1S/C21H22FN7O5S2/c1-11-10-35-20(25-11)19-26-27-21(29(19)16-14(33-3)6-5-7-15(16)34-4)28-36(31,32)12(2)17(30)18-23-8-13(22)9-24-18/h5-10,12,17,30H,1-4H3,(H,27,28)/t12-,17+/m0/s1. The van der Waals surface area contributed by atoms with Crippen molar-refractivity contribution in [3.05, 3.63) is 53.3 Å². The second-order valence-electron chi connectivity index (χ2n) is 7.54. The number of hydrogen-bond acceptors (Lipinski definition) is 11. The Morgan fingerprint density at radius 3 is 2.33 bits per heavy atom. The molecule has 0 aliphatic carbocycles. The minimum absolute atomic E-state index is 0.195. The first-order valence-corrected chi connectivity index (χ1v) is 12.8. The summed E-state index contributed by atoms with van der Waals surface area (Å²) >= 11 is 1.30. The lowest BCUT2D eigenvalue weighted by Crippen LogP contribution is -2.32. The Morgan fingerprint density at radius 1 is 1.14 bits per heavy atom. The van der Waals surface area contributed by atoms with Gasteiger partial charge in [0.1, 0.15) is 28.5 Å². The Morgan fingerprint density at radius 2 is 1.78 bits per heavy atom. The van der Waals surface area contributed by atoms with Gasteiger partial charge in [-0.3, -0.25) is 9.29 Å². The Balaban J connectivity index is 1.81. The first-order valence-electron chi connectivity index (χ1n) is 10.4. The molecule has 0 saturated carbocycles. The number of aryl methyl sites for hydroxylation is 1. The van der Waals surface area contributed by atoms with Gasteiger partial charge in [0, 0.05) is 11.1 Å². The molecule has 2 N–H and O–H groups in total. The van der Waals surface area contributed by atoms with Gasteiger partial charge in [0.25, 0.3) is 0 Å². The van der Waals surface area contributed by atoms with Crippen molar-refractivity contribution >= 4 is 27.3 Å². The topological polar surface area (TPSA) is 154 Å². The number of rotatable bonds is 9. The van der Waals surface area contributed by atoms with Crippen LogP contribution in [-0.4, -0.2) is 62.7 Å². The fourth-order valence-corrected chi connectivity index (χ4v) is 5.09. The van der Waals surface area contributed by atoms with E-state index in [1.807, 2.05) is 12.3 Å². The summed E-state index contributed by atoms with van der Waals surface area (Å²) in [5.74, 6) is -0.207. The van der Waals surface area contributed by atoms with Gasteiger partial charge in [-0.25, -0.2) is 27.8 Å². The van der Waals surface area contributed by atoms with Crippen LogP contribution >= 0.6 is 11.3 Å². The second-order valence-corrected chi connectivity index (χ2v) is 10.4. The summed E-state index contributed by atoms with van der Waals surface area (Å²) in [5, 5.41) is 19.7. The molecule has 4 aromatic rings.